The highest BCUT2D eigenvalue weighted by Gasteiger charge is 2.23. The standard InChI is InChI=1S/C9H17ClO/c1-7-3-8(2)5-9(4-7)11-6-10/h7-9H,3-6H2,1-2H3. The van der Waals surface area contributed by atoms with E-state index in [0.29, 0.717) is 12.2 Å². The fourth-order valence-electron chi connectivity index (χ4n) is 2.10. The van der Waals surface area contributed by atoms with Crippen molar-refractivity contribution in [1.82, 2.24) is 0 Å². The smallest absolute Gasteiger partial charge is 0.121 e. The van der Waals surface area contributed by atoms with Gasteiger partial charge in [0.25, 0.3) is 0 Å². The van der Waals surface area contributed by atoms with E-state index < -0.39 is 0 Å². The summed E-state index contributed by atoms with van der Waals surface area (Å²) in [6.07, 6.45) is 4.15. The summed E-state index contributed by atoms with van der Waals surface area (Å²) in [5.74, 6) is 1.62. The molecule has 1 fully saturated rings. The Morgan fingerprint density at radius 2 is 1.73 bits per heavy atom. The van der Waals surface area contributed by atoms with Crippen molar-refractivity contribution < 1.29 is 4.74 Å². The third-order valence-electron chi connectivity index (χ3n) is 2.43. The Balaban J connectivity index is 2.30. The van der Waals surface area contributed by atoms with E-state index >= 15 is 0 Å². The van der Waals surface area contributed by atoms with E-state index in [-0.39, 0.29) is 0 Å². The van der Waals surface area contributed by atoms with Gasteiger partial charge in [0.15, 0.2) is 0 Å². The predicted octanol–water partition coefficient (Wildman–Crippen LogP) is 3.02. The molecule has 66 valence electrons. The molecule has 0 saturated heterocycles. The minimum atomic E-state index is 0.351. The van der Waals surface area contributed by atoms with Crippen molar-refractivity contribution in [2.24, 2.45) is 11.8 Å². The van der Waals surface area contributed by atoms with E-state index in [4.69, 9.17) is 16.3 Å². The number of hydrogen-bond acceptors (Lipinski definition) is 1. The summed E-state index contributed by atoms with van der Waals surface area (Å²) >= 11 is 5.51. The topological polar surface area (TPSA) is 9.23 Å². The fraction of sp³-hybridized carbons (Fsp3) is 1.00. The van der Waals surface area contributed by atoms with Gasteiger partial charge in [0, 0.05) is 0 Å². The fourth-order valence-corrected chi connectivity index (χ4v) is 2.28. The van der Waals surface area contributed by atoms with Gasteiger partial charge in [0.05, 0.1) is 6.10 Å². The lowest BCUT2D eigenvalue weighted by atomic mass is 9.82. The molecule has 0 amide bonds. The molecular formula is C9H17ClO. The summed E-state index contributed by atoms with van der Waals surface area (Å²) in [7, 11) is 0. The Morgan fingerprint density at radius 1 is 1.18 bits per heavy atom. The molecule has 0 aromatic heterocycles. The largest absolute Gasteiger partial charge is 0.362 e. The van der Waals surface area contributed by atoms with Crippen LogP contribution in [0.25, 0.3) is 0 Å². The van der Waals surface area contributed by atoms with Crippen LogP contribution in [0.4, 0.5) is 0 Å². The molecule has 2 heteroatoms. The summed E-state index contributed by atoms with van der Waals surface area (Å²) in [6, 6.07) is 0.351. The predicted molar refractivity (Wildman–Crippen MR) is 47.8 cm³/mol. The van der Waals surface area contributed by atoms with Gasteiger partial charge in [0.1, 0.15) is 6.07 Å². The van der Waals surface area contributed by atoms with Gasteiger partial charge in [-0.3, -0.25) is 0 Å². The zero-order valence-electron chi connectivity index (χ0n) is 7.35. The number of alkyl halides is 1. The van der Waals surface area contributed by atoms with Gasteiger partial charge in [-0.2, -0.15) is 0 Å². The summed E-state index contributed by atoms with van der Waals surface area (Å²) in [5.41, 5.74) is 0. The Hall–Kier alpha value is 0.250. The molecule has 1 rings (SSSR count). The molecule has 0 aliphatic heterocycles. The van der Waals surface area contributed by atoms with E-state index in [2.05, 4.69) is 13.8 Å². The van der Waals surface area contributed by atoms with Crippen molar-refractivity contribution in [1.29, 1.82) is 0 Å². The van der Waals surface area contributed by atoms with Crippen molar-refractivity contribution in [2.75, 3.05) is 6.07 Å². The summed E-state index contributed by atoms with van der Waals surface area (Å²) < 4.78 is 5.39. The van der Waals surface area contributed by atoms with Crippen LogP contribution in [0.1, 0.15) is 33.1 Å². The van der Waals surface area contributed by atoms with Crippen LogP contribution < -0.4 is 0 Å². The lowest BCUT2D eigenvalue weighted by Crippen LogP contribution is -2.25. The first-order chi connectivity index (χ1) is 5.22. The van der Waals surface area contributed by atoms with Gasteiger partial charge in [-0.15, -0.1) is 0 Å². The molecule has 0 N–H and O–H groups in total. The molecule has 1 aliphatic carbocycles. The van der Waals surface area contributed by atoms with Gasteiger partial charge in [-0.25, -0.2) is 0 Å². The van der Waals surface area contributed by atoms with Gasteiger partial charge in [-0.1, -0.05) is 25.4 Å². The Labute approximate surface area is 74.1 Å². The molecule has 0 aromatic rings. The van der Waals surface area contributed by atoms with Crippen molar-refractivity contribution in [2.45, 2.75) is 39.2 Å². The van der Waals surface area contributed by atoms with Gasteiger partial charge < -0.3 is 4.74 Å². The van der Waals surface area contributed by atoms with Crippen LogP contribution in [-0.4, -0.2) is 12.2 Å². The molecule has 2 atom stereocenters. The Kier molecular flexibility index (Phi) is 3.67. The summed E-state index contributed by atoms with van der Waals surface area (Å²) in [4.78, 5) is 0. The maximum atomic E-state index is 5.51. The first-order valence-corrected chi connectivity index (χ1v) is 4.93. The number of ether oxygens (including phenoxy) is 1. The second-order valence-corrected chi connectivity index (χ2v) is 4.03. The molecule has 2 unspecified atom stereocenters. The van der Waals surface area contributed by atoms with E-state index in [1.54, 1.807) is 0 Å². The SMILES string of the molecule is CC1CC(C)CC(OCCl)C1. The lowest BCUT2D eigenvalue weighted by Gasteiger charge is -2.30. The molecule has 0 radical (unpaired) electrons. The summed E-state index contributed by atoms with van der Waals surface area (Å²) in [5, 5.41) is 0. The second kappa shape index (κ2) is 4.32. The minimum Gasteiger partial charge on any atom is -0.362 e. The molecule has 1 saturated carbocycles. The van der Waals surface area contributed by atoms with Gasteiger partial charge in [0.2, 0.25) is 0 Å². The van der Waals surface area contributed by atoms with Crippen molar-refractivity contribution >= 4 is 11.6 Å². The normalized spacial score (nSPS) is 39.0. The zero-order valence-corrected chi connectivity index (χ0v) is 8.10. The Morgan fingerprint density at radius 3 is 2.18 bits per heavy atom. The van der Waals surface area contributed by atoms with E-state index in [9.17, 15) is 0 Å². The zero-order chi connectivity index (χ0) is 8.27. The quantitative estimate of drug-likeness (QED) is 0.588. The average molecular weight is 177 g/mol. The van der Waals surface area contributed by atoms with Crippen molar-refractivity contribution in [3.8, 4) is 0 Å². The number of hydrogen-bond donors (Lipinski definition) is 0. The van der Waals surface area contributed by atoms with E-state index in [1.165, 1.54) is 19.3 Å². The van der Waals surface area contributed by atoms with Crippen molar-refractivity contribution in [3.63, 3.8) is 0 Å². The van der Waals surface area contributed by atoms with Crippen LogP contribution >= 0.6 is 11.6 Å². The highest BCUT2D eigenvalue weighted by molar-refractivity contribution is 6.17. The van der Waals surface area contributed by atoms with Crippen LogP contribution in [0, 0.1) is 11.8 Å². The number of rotatable bonds is 2. The molecule has 11 heavy (non-hydrogen) atoms. The second-order valence-electron chi connectivity index (χ2n) is 3.82. The van der Waals surface area contributed by atoms with Crippen LogP contribution in [0.5, 0.6) is 0 Å². The highest BCUT2D eigenvalue weighted by Crippen LogP contribution is 2.30. The summed E-state index contributed by atoms with van der Waals surface area (Å²) in [6.45, 7) is 4.58. The van der Waals surface area contributed by atoms with Crippen LogP contribution in [-0.2, 0) is 4.74 Å². The van der Waals surface area contributed by atoms with Crippen LogP contribution in [0.2, 0.25) is 0 Å². The van der Waals surface area contributed by atoms with Crippen molar-refractivity contribution in [3.05, 3.63) is 0 Å². The molecule has 0 bridgehead atoms. The average Bonchev–Trinajstić information content (AvgIpc) is 1.85. The van der Waals surface area contributed by atoms with E-state index in [0.717, 1.165) is 11.8 Å². The first kappa shape index (κ1) is 9.34. The first-order valence-electron chi connectivity index (χ1n) is 4.40. The molecule has 1 nitrogen and oxygen atoms in total. The van der Waals surface area contributed by atoms with Crippen LogP contribution in [0.3, 0.4) is 0 Å². The van der Waals surface area contributed by atoms with Crippen LogP contribution in [0.15, 0.2) is 0 Å². The number of halogens is 1. The minimum absolute atomic E-state index is 0.351. The molecule has 0 spiro atoms. The lowest BCUT2D eigenvalue weighted by molar-refractivity contribution is 0.0248. The maximum absolute atomic E-state index is 5.51. The monoisotopic (exact) mass is 176 g/mol. The van der Waals surface area contributed by atoms with Gasteiger partial charge in [-0.05, 0) is 31.1 Å². The third kappa shape index (κ3) is 3.00. The molecular weight excluding hydrogens is 160 g/mol. The highest BCUT2D eigenvalue weighted by atomic mass is 35.5. The Bertz CT molecular complexity index is 106. The van der Waals surface area contributed by atoms with E-state index in [1.807, 2.05) is 0 Å². The molecule has 0 aromatic carbocycles. The third-order valence-corrected chi connectivity index (χ3v) is 2.56. The maximum Gasteiger partial charge on any atom is 0.121 e. The van der Waals surface area contributed by atoms with Gasteiger partial charge >= 0.3 is 0 Å². The molecule has 0 heterocycles. The molecule has 1 aliphatic rings.